The van der Waals surface area contributed by atoms with Crippen molar-refractivity contribution >= 4 is 46.4 Å². The molecule has 2 aromatic carbocycles. The topological polar surface area (TPSA) is 58.6 Å². The molecule has 0 unspecified atom stereocenters. The number of anilines is 2. The molecule has 5 nitrogen and oxygen atoms in total. The van der Waals surface area contributed by atoms with Crippen LogP contribution in [0.25, 0.3) is 0 Å². The maximum atomic E-state index is 12.3. The third kappa shape index (κ3) is 4.90. The second-order valence-electron chi connectivity index (χ2n) is 5.74. The molecule has 7 heteroatoms. The van der Waals surface area contributed by atoms with Gasteiger partial charge in [-0.3, -0.25) is 9.59 Å². The van der Waals surface area contributed by atoms with Crippen molar-refractivity contribution in [2.45, 2.75) is 20.3 Å². The van der Waals surface area contributed by atoms with Crippen LogP contribution in [0.3, 0.4) is 0 Å². The lowest BCUT2D eigenvalue weighted by molar-refractivity contribution is -0.117. The molecule has 0 spiro atoms. The number of hydrogen-bond donors (Lipinski definition) is 1. The summed E-state index contributed by atoms with van der Waals surface area (Å²) in [6.45, 7) is 3.57. The smallest absolute Gasteiger partial charge is 0.226 e. The summed E-state index contributed by atoms with van der Waals surface area (Å²) >= 11 is 12.1. The van der Waals surface area contributed by atoms with E-state index >= 15 is 0 Å². The van der Waals surface area contributed by atoms with Crippen LogP contribution in [0.5, 0.6) is 5.75 Å². The Hall–Kier alpha value is -2.24. The Morgan fingerprint density at radius 2 is 1.81 bits per heavy atom. The summed E-state index contributed by atoms with van der Waals surface area (Å²) in [5.74, 6) is 0.0932. The number of carbonyl (C=O) groups excluding carboxylic acids is 2. The van der Waals surface area contributed by atoms with Crippen LogP contribution >= 0.6 is 23.2 Å². The summed E-state index contributed by atoms with van der Waals surface area (Å²) in [5, 5.41) is 3.40. The first-order chi connectivity index (χ1) is 12.3. The van der Waals surface area contributed by atoms with E-state index < -0.39 is 0 Å². The number of benzene rings is 2. The highest BCUT2D eigenvalue weighted by Gasteiger charge is 2.18. The summed E-state index contributed by atoms with van der Waals surface area (Å²) in [7, 11) is 1.54. The highest BCUT2D eigenvalue weighted by molar-refractivity contribution is 6.39. The van der Waals surface area contributed by atoms with Gasteiger partial charge in [-0.05, 0) is 36.8 Å². The molecular weight excluding hydrogens is 375 g/mol. The highest BCUT2D eigenvalue weighted by atomic mass is 35.5. The molecular formula is C19H20Cl2N2O3. The van der Waals surface area contributed by atoms with Crippen LogP contribution in [0.4, 0.5) is 11.4 Å². The number of ether oxygens (including phenoxy) is 1. The van der Waals surface area contributed by atoms with Crippen LogP contribution in [0, 0.1) is 6.92 Å². The van der Waals surface area contributed by atoms with Crippen molar-refractivity contribution in [3.8, 4) is 5.75 Å². The van der Waals surface area contributed by atoms with Crippen molar-refractivity contribution in [2.24, 2.45) is 0 Å². The molecule has 0 atom stereocenters. The van der Waals surface area contributed by atoms with E-state index in [-0.39, 0.29) is 24.8 Å². The number of carbonyl (C=O) groups is 2. The third-order valence-corrected chi connectivity index (χ3v) is 4.42. The molecule has 0 fully saturated rings. The van der Waals surface area contributed by atoms with Gasteiger partial charge < -0.3 is 15.0 Å². The minimum atomic E-state index is -0.294. The zero-order valence-corrected chi connectivity index (χ0v) is 16.3. The van der Waals surface area contributed by atoms with Crippen molar-refractivity contribution < 1.29 is 14.3 Å². The molecule has 0 aliphatic heterocycles. The maximum Gasteiger partial charge on any atom is 0.226 e. The lowest BCUT2D eigenvalue weighted by Gasteiger charge is -2.23. The molecule has 0 aliphatic rings. The summed E-state index contributed by atoms with van der Waals surface area (Å²) in [5.41, 5.74) is 1.98. The van der Waals surface area contributed by atoms with Crippen LogP contribution < -0.4 is 15.0 Å². The van der Waals surface area contributed by atoms with Gasteiger partial charge in [0.15, 0.2) is 0 Å². The van der Waals surface area contributed by atoms with Crippen molar-refractivity contribution in [1.29, 1.82) is 0 Å². The summed E-state index contributed by atoms with van der Waals surface area (Å²) in [4.78, 5) is 25.9. The Balaban J connectivity index is 2.13. The minimum Gasteiger partial charge on any atom is -0.495 e. The van der Waals surface area contributed by atoms with E-state index in [1.165, 1.54) is 11.8 Å². The monoisotopic (exact) mass is 394 g/mol. The lowest BCUT2D eigenvalue weighted by Crippen LogP contribution is -2.32. The van der Waals surface area contributed by atoms with Crippen LogP contribution in [-0.2, 0) is 9.59 Å². The van der Waals surface area contributed by atoms with Crippen LogP contribution in [-0.4, -0.2) is 25.5 Å². The van der Waals surface area contributed by atoms with Crippen molar-refractivity contribution in [3.63, 3.8) is 0 Å². The summed E-state index contributed by atoms with van der Waals surface area (Å²) in [6, 6.07) is 10.5. The van der Waals surface area contributed by atoms with Crippen LogP contribution in [0.15, 0.2) is 36.4 Å². The maximum absolute atomic E-state index is 12.3. The zero-order chi connectivity index (χ0) is 19.3. The molecule has 0 saturated heterocycles. The minimum absolute atomic E-state index is 0.0816. The van der Waals surface area contributed by atoms with Gasteiger partial charge in [-0.25, -0.2) is 0 Å². The van der Waals surface area contributed by atoms with Crippen molar-refractivity contribution in [3.05, 3.63) is 52.0 Å². The SMILES string of the molecule is COc1ccc(C)cc1N(CCC(=O)Nc1c(Cl)cccc1Cl)C(C)=O. The molecule has 26 heavy (non-hydrogen) atoms. The molecule has 2 rings (SSSR count). The van der Waals surface area contributed by atoms with Crippen molar-refractivity contribution in [2.75, 3.05) is 23.9 Å². The molecule has 0 radical (unpaired) electrons. The Morgan fingerprint density at radius 3 is 2.38 bits per heavy atom. The highest BCUT2D eigenvalue weighted by Crippen LogP contribution is 2.31. The number of rotatable bonds is 6. The Morgan fingerprint density at radius 1 is 1.15 bits per heavy atom. The number of halogens is 2. The average molecular weight is 395 g/mol. The fraction of sp³-hybridized carbons (Fsp3) is 0.263. The van der Waals surface area contributed by atoms with E-state index in [0.717, 1.165) is 5.56 Å². The predicted octanol–water partition coefficient (Wildman–Crippen LogP) is 4.69. The van der Waals surface area contributed by atoms with Gasteiger partial charge in [-0.2, -0.15) is 0 Å². The van der Waals surface area contributed by atoms with Gasteiger partial charge in [0.25, 0.3) is 0 Å². The molecule has 0 aromatic heterocycles. The second-order valence-corrected chi connectivity index (χ2v) is 6.56. The molecule has 0 saturated carbocycles. The first kappa shape index (κ1) is 20.1. The van der Waals surface area contributed by atoms with E-state index in [4.69, 9.17) is 27.9 Å². The number of nitrogens with zero attached hydrogens (tertiary/aromatic N) is 1. The molecule has 2 amide bonds. The number of amides is 2. The average Bonchev–Trinajstić information content (AvgIpc) is 2.58. The quantitative estimate of drug-likeness (QED) is 0.772. The van der Waals surface area contributed by atoms with Crippen LogP contribution in [0.2, 0.25) is 10.0 Å². The number of aryl methyl sites for hydroxylation is 1. The number of hydrogen-bond acceptors (Lipinski definition) is 3. The van der Waals surface area contributed by atoms with Gasteiger partial charge in [-0.1, -0.05) is 35.3 Å². The second kappa shape index (κ2) is 8.92. The largest absolute Gasteiger partial charge is 0.495 e. The number of methoxy groups -OCH3 is 1. The molecule has 2 aromatic rings. The van der Waals surface area contributed by atoms with E-state index in [1.807, 2.05) is 19.1 Å². The molecule has 0 aliphatic carbocycles. The van der Waals surface area contributed by atoms with Crippen molar-refractivity contribution in [1.82, 2.24) is 0 Å². The van der Waals surface area contributed by atoms with Gasteiger partial charge in [0.05, 0.1) is 28.5 Å². The molecule has 0 bridgehead atoms. The van der Waals surface area contributed by atoms with Gasteiger partial charge in [-0.15, -0.1) is 0 Å². The summed E-state index contributed by atoms with van der Waals surface area (Å²) < 4.78 is 5.34. The van der Waals surface area contributed by atoms with Gasteiger partial charge in [0.2, 0.25) is 11.8 Å². The van der Waals surface area contributed by atoms with E-state index in [2.05, 4.69) is 5.32 Å². The standard InChI is InChI=1S/C19H20Cl2N2O3/c1-12-7-8-17(26-3)16(11-12)23(13(2)24)10-9-18(25)22-19-14(20)5-4-6-15(19)21/h4-8,11H,9-10H2,1-3H3,(H,22,25). The first-order valence-corrected chi connectivity index (χ1v) is 8.75. The van der Waals surface area contributed by atoms with Crippen LogP contribution in [0.1, 0.15) is 18.9 Å². The Bertz CT molecular complexity index is 804. The Kier molecular flexibility index (Phi) is 6.89. The van der Waals surface area contributed by atoms with Gasteiger partial charge in [0.1, 0.15) is 5.75 Å². The number of nitrogens with one attached hydrogen (secondary N) is 1. The fourth-order valence-corrected chi connectivity index (χ4v) is 2.98. The molecule has 138 valence electrons. The third-order valence-electron chi connectivity index (χ3n) is 3.79. The van der Waals surface area contributed by atoms with Gasteiger partial charge >= 0.3 is 0 Å². The predicted molar refractivity (Wildman–Crippen MR) is 105 cm³/mol. The normalized spacial score (nSPS) is 10.3. The fourth-order valence-electron chi connectivity index (χ4n) is 2.49. The lowest BCUT2D eigenvalue weighted by atomic mass is 10.1. The number of para-hydroxylation sites is 1. The molecule has 0 heterocycles. The Labute approximate surface area is 162 Å². The zero-order valence-electron chi connectivity index (χ0n) is 14.8. The first-order valence-electron chi connectivity index (χ1n) is 8.00. The van der Waals surface area contributed by atoms with E-state index in [1.54, 1.807) is 31.4 Å². The molecule has 1 N–H and O–H groups in total. The summed E-state index contributed by atoms with van der Waals surface area (Å²) in [6.07, 6.45) is 0.0816. The van der Waals surface area contributed by atoms with Gasteiger partial charge in [0, 0.05) is 19.9 Å². The van der Waals surface area contributed by atoms with E-state index in [9.17, 15) is 9.59 Å². The van der Waals surface area contributed by atoms with E-state index in [0.29, 0.717) is 27.2 Å².